The van der Waals surface area contributed by atoms with Gasteiger partial charge in [-0.3, -0.25) is 14.4 Å². The highest BCUT2D eigenvalue weighted by Crippen LogP contribution is 2.48. The second kappa shape index (κ2) is 9.90. The fourth-order valence-corrected chi connectivity index (χ4v) is 4.73. The molecule has 1 amide bonds. The standard InChI is InChI=1S/C29H23FN4O4/c1-2-11-33(16-31)28(36)24-15-34(27-21(26(24)35)7-4-10-32-27)19-6-3-5-17(12-19)18-8-9-20(25(30)13-18)22-14-23(22)29(37)38/h3-10,12-13,15,22-23H,2,11,14H2,1H3,(H,37,38). The van der Waals surface area contributed by atoms with Crippen molar-refractivity contribution in [1.29, 1.82) is 5.26 Å². The number of nitrogens with zero attached hydrogens (tertiary/aromatic N) is 4. The van der Waals surface area contributed by atoms with Crippen molar-refractivity contribution in [2.45, 2.75) is 25.7 Å². The number of halogens is 1. The topological polar surface area (TPSA) is 116 Å². The summed E-state index contributed by atoms with van der Waals surface area (Å²) in [7, 11) is 0. The minimum Gasteiger partial charge on any atom is -0.481 e. The predicted octanol–water partition coefficient (Wildman–Crippen LogP) is 4.71. The van der Waals surface area contributed by atoms with Crippen LogP contribution in [-0.2, 0) is 4.79 Å². The van der Waals surface area contributed by atoms with Crippen LogP contribution in [-0.4, -0.2) is 38.0 Å². The average Bonchev–Trinajstić information content (AvgIpc) is 3.73. The molecule has 38 heavy (non-hydrogen) atoms. The lowest BCUT2D eigenvalue weighted by atomic mass is 10.0. The first-order valence-corrected chi connectivity index (χ1v) is 12.2. The summed E-state index contributed by atoms with van der Waals surface area (Å²) >= 11 is 0. The van der Waals surface area contributed by atoms with Crippen LogP contribution in [0.15, 0.2) is 71.8 Å². The van der Waals surface area contributed by atoms with Gasteiger partial charge < -0.3 is 9.67 Å². The van der Waals surface area contributed by atoms with E-state index in [1.807, 2.05) is 13.1 Å². The number of rotatable bonds is 7. The van der Waals surface area contributed by atoms with Gasteiger partial charge in [0, 0.05) is 30.5 Å². The molecule has 1 N–H and O–H groups in total. The third kappa shape index (κ3) is 4.41. The van der Waals surface area contributed by atoms with Crippen molar-refractivity contribution in [1.82, 2.24) is 14.5 Å². The van der Waals surface area contributed by atoms with Crippen LogP contribution in [0.4, 0.5) is 4.39 Å². The first-order chi connectivity index (χ1) is 18.3. The van der Waals surface area contributed by atoms with Crippen molar-refractivity contribution >= 4 is 22.9 Å². The Kier molecular flexibility index (Phi) is 6.47. The Hall–Kier alpha value is -4.84. The van der Waals surface area contributed by atoms with Crippen LogP contribution in [0.1, 0.15) is 41.6 Å². The Morgan fingerprint density at radius 3 is 2.66 bits per heavy atom. The quantitative estimate of drug-likeness (QED) is 0.284. The molecule has 0 aliphatic heterocycles. The van der Waals surface area contributed by atoms with Gasteiger partial charge in [0.25, 0.3) is 5.91 Å². The summed E-state index contributed by atoms with van der Waals surface area (Å²) in [5, 5.41) is 18.8. The maximum Gasteiger partial charge on any atom is 0.307 e. The molecule has 5 rings (SSSR count). The molecule has 4 aromatic rings. The molecule has 1 aliphatic rings. The van der Waals surface area contributed by atoms with Gasteiger partial charge in [-0.25, -0.2) is 14.3 Å². The number of carbonyl (C=O) groups excluding carboxylic acids is 1. The van der Waals surface area contributed by atoms with Crippen molar-refractivity contribution in [2.24, 2.45) is 5.92 Å². The summed E-state index contributed by atoms with van der Waals surface area (Å²) in [5.74, 6) is -2.93. The smallest absolute Gasteiger partial charge is 0.307 e. The summed E-state index contributed by atoms with van der Waals surface area (Å²) in [6.07, 6.45) is 5.76. The molecule has 1 saturated carbocycles. The van der Waals surface area contributed by atoms with Crippen LogP contribution in [0.3, 0.4) is 0 Å². The highest BCUT2D eigenvalue weighted by atomic mass is 19.1. The van der Waals surface area contributed by atoms with Gasteiger partial charge in [-0.15, -0.1) is 0 Å². The van der Waals surface area contributed by atoms with E-state index in [2.05, 4.69) is 4.98 Å². The molecule has 2 aromatic heterocycles. The van der Waals surface area contributed by atoms with Crippen molar-refractivity contribution in [3.8, 4) is 23.0 Å². The van der Waals surface area contributed by atoms with Crippen LogP contribution >= 0.6 is 0 Å². The van der Waals surface area contributed by atoms with Crippen LogP contribution in [0.5, 0.6) is 0 Å². The molecular weight excluding hydrogens is 487 g/mol. The van der Waals surface area contributed by atoms with Crippen molar-refractivity contribution in [3.05, 3.63) is 94.2 Å². The number of hydrogen-bond donors (Lipinski definition) is 1. The molecule has 0 spiro atoms. The van der Waals surface area contributed by atoms with Crippen molar-refractivity contribution in [3.63, 3.8) is 0 Å². The number of fused-ring (bicyclic) bond motifs is 1. The molecular formula is C29H23FN4O4. The van der Waals surface area contributed by atoms with E-state index in [1.54, 1.807) is 59.3 Å². The summed E-state index contributed by atoms with van der Waals surface area (Å²) in [6.45, 7) is 2.02. The molecule has 2 atom stereocenters. The average molecular weight is 511 g/mol. The molecule has 2 unspecified atom stereocenters. The number of carboxylic acid groups (broad SMARTS) is 1. The maximum absolute atomic E-state index is 14.9. The van der Waals surface area contributed by atoms with E-state index in [4.69, 9.17) is 0 Å². The Morgan fingerprint density at radius 1 is 1.18 bits per heavy atom. The van der Waals surface area contributed by atoms with Crippen LogP contribution in [0.25, 0.3) is 27.8 Å². The fourth-order valence-electron chi connectivity index (χ4n) is 4.73. The van der Waals surface area contributed by atoms with Crippen LogP contribution in [0, 0.1) is 23.2 Å². The van der Waals surface area contributed by atoms with E-state index in [-0.39, 0.29) is 23.4 Å². The van der Waals surface area contributed by atoms with E-state index in [1.165, 1.54) is 12.3 Å². The molecule has 0 bridgehead atoms. The second-order valence-corrected chi connectivity index (χ2v) is 9.25. The first-order valence-electron chi connectivity index (χ1n) is 12.2. The number of carbonyl (C=O) groups is 2. The lowest BCUT2D eigenvalue weighted by molar-refractivity contribution is -0.138. The molecule has 2 heterocycles. The molecule has 190 valence electrons. The number of aliphatic carboxylic acids is 1. The monoisotopic (exact) mass is 510 g/mol. The van der Waals surface area contributed by atoms with E-state index >= 15 is 0 Å². The zero-order valence-electron chi connectivity index (χ0n) is 20.5. The zero-order valence-corrected chi connectivity index (χ0v) is 20.5. The van der Waals surface area contributed by atoms with Gasteiger partial charge in [0.05, 0.1) is 11.3 Å². The number of hydrogen-bond acceptors (Lipinski definition) is 5. The normalized spacial score (nSPS) is 16.1. The molecule has 0 saturated heterocycles. The number of nitriles is 1. The minimum absolute atomic E-state index is 0.154. The van der Waals surface area contributed by atoms with E-state index < -0.39 is 29.0 Å². The van der Waals surface area contributed by atoms with Gasteiger partial charge in [-0.1, -0.05) is 31.2 Å². The zero-order chi connectivity index (χ0) is 27.0. The lowest BCUT2D eigenvalue weighted by Gasteiger charge is -2.16. The lowest BCUT2D eigenvalue weighted by Crippen LogP contribution is -2.32. The minimum atomic E-state index is -0.918. The van der Waals surface area contributed by atoms with Crippen LogP contribution < -0.4 is 5.43 Å². The van der Waals surface area contributed by atoms with Gasteiger partial charge >= 0.3 is 5.97 Å². The third-order valence-corrected chi connectivity index (χ3v) is 6.77. The SMILES string of the molecule is CCCN(C#N)C(=O)c1cn(-c2cccc(-c3ccc(C4CC4C(=O)O)c(F)c3)c2)c2ncccc2c1=O. The Morgan fingerprint density at radius 2 is 1.97 bits per heavy atom. The summed E-state index contributed by atoms with van der Waals surface area (Å²) < 4.78 is 16.6. The predicted molar refractivity (Wildman–Crippen MR) is 138 cm³/mol. The highest BCUT2D eigenvalue weighted by Gasteiger charge is 2.45. The summed E-state index contributed by atoms with van der Waals surface area (Å²) in [4.78, 5) is 42.8. The van der Waals surface area contributed by atoms with Gasteiger partial charge in [-0.2, -0.15) is 5.26 Å². The molecule has 1 fully saturated rings. The van der Waals surface area contributed by atoms with Gasteiger partial charge in [0.2, 0.25) is 5.43 Å². The van der Waals surface area contributed by atoms with Crippen LogP contribution in [0.2, 0.25) is 0 Å². The molecule has 0 radical (unpaired) electrons. The summed E-state index contributed by atoms with van der Waals surface area (Å²) in [6, 6.07) is 15.1. The largest absolute Gasteiger partial charge is 0.481 e. The van der Waals surface area contributed by atoms with Gasteiger partial charge in [0.1, 0.15) is 17.0 Å². The number of amides is 1. The fraction of sp³-hybridized carbons (Fsp3) is 0.207. The van der Waals surface area contributed by atoms with Crippen molar-refractivity contribution < 1.29 is 19.1 Å². The number of pyridine rings is 2. The Balaban J connectivity index is 1.58. The van der Waals surface area contributed by atoms with Crippen molar-refractivity contribution in [2.75, 3.05) is 6.54 Å². The second-order valence-electron chi connectivity index (χ2n) is 9.25. The molecule has 2 aromatic carbocycles. The summed E-state index contributed by atoms with van der Waals surface area (Å²) in [5.41, 5.74) is 1.91. The van der Waals surface area contributed by atoms with Gasteiger partial charge in [0.15, 0.2) is 6.19 Å². The van der Waals surface area contributed by atoms with E-state index in [9.17, 15) is 29.1 Å². The highest BCUT2D eigenvalue weighted by molar-refractivity contribution is 5.98. The number of carboxylic acids is 1. The Bertz CT molecular complexity index is 1690. The third-order valence-electron chi connectivity index (χ3n) is 6.77. The molecule has 8 nitrogen and oxygen atoms in total. The Labute approximate surface area is 217 Å². The number of benzene rings is 2. The van der Waals surface area contributed by atoms with E-state index in [0.29, 0.717) is 40.9 Å². The molecule has 9 heteroatoms. The van der Waals surface area contributed by atoms with Gasteiger partial charge in [-0.05, 0) is 59.9 Å². The maximum atomic E-state index is 14.9. The van der Waals surface area contributed by atoms with E-state index in [0.717, 1.165) is 4.90 Å². The number of aromatic nitrogens is 2. The first kappa shape index (κ1) is 24.8. The molecule has 1 aliphatic carbocycles.